The van der Waals surface area contributed by atoms with Crippen molar-refractivity contribution in [1.82, 2.24) is 58.6 Å². The van der Waals surface area contributed by atoms with Crippen molar-refractivity contribution in [3.8, 4) is 0 Å². The predicted octanol–water partition coefficient (Wildman–Crippen LogP) is 7.78. The van der Waals surface area contributed by atoms with E-state index in [1.54, 1.807) is 56.9 Å². The fourth-order valence-electron chi connectivity index (χ4n) is 9.20. The van der Waals surface area contributed by atoms with Crippen LogP contribution in [0.15, 0.2) is 49.3 Å². The molecule has 3 saturated heterocycles. The summed E-state index contributed by atoms with van der Waals surface area (Å²) >= 11 is 24.2. The topological polar surface area (TPSA) is 289 Å². The van der Waals surface area contributed by atoms with E-state index in [0.29, 0.717) is 39.1 Å². The van der Waals surface area contributed by atoms with Crippen LogP contribution in [0.25, 0.3) is 33.5 Å². The van der Waals surface area contributed by atoms with Crippen LogP contribution in [0.1, 0.15) is 96.8 Å². The molecule has 6 aromatic heterocycles. The van der Waals surface area contributed by atoms with E-state index in [0.717, 1.165) is 19.3 Å². The SMILES string of the molecule is CC[C@H]1O[C@@H](n2cnc3c(N)nc(Cl)nc32)C(Cl)[C@H]1C.CC[C@H]1O[C@@H](n2cnc3c(N)nc(Cl)nc32)C(OC(=O)c2ccccc2)[C@H]1C.CC[C@H]1O[C@@H](n2cnc3c(N)nc(Cl)nc32)C(OC(C)=O)[C@H]1C. The Kier molecular flexibility index (Phi) is 15.7. The zero-order valence-electron chi connectivity index (χ0n) is 39.6. The summed E-state index contributed by atoms with van der Waals surface area (Å²) in [5.74, 6) is 0.145. The number of esters is 2. The molecule has 22 nitrogen and oxygen atoms in total. The van der Waals surface area contributed by atoms with Crippen molar-refractivity contribution in [2.75, 3.05) is 17.2 Å². The Bertz CT molecular complexity index is 3040. The normalized spacial score (nSPS) is 27.1. The molecule has 0 amide bonds. The number of carbonyl (C=O) groups excluding carboxylic acids is 2. The zero-order chi connectivity index (χ0) is 51.0. The minimum atomic E-state index is -0.594. The van der Waals surface area contributed by atoms with Crippen LogP contribution in [0, 0.1) is 17.8 Å². The number of hydrogen-bond donors (Lipinski definition) is 3. The Hall–Kier alpha value is -5.75. The van der Waals surface area contributed by atoms with Crippen molar-refractivity contribution in [3.05, 3.63) is 70.7 Å². The second-order valence-electron chi connectivity index (χ2n) is 17.4. The summed E-state index contributed by atoms with van der Waals surface area (Å²) in [6.45, 7) is 13.6. The summed E-state index contributed by atoms with van der Waals surface area (Å²) in [7, 11) is 0. The maximum absolute atomic E-state index is 12.7. The third-order valence-electron chi connectivity index (χ3n) is 12.9. The lowest BCUT2D eigenvalue weighted by molar-refractivity contribution is -0.153. The number of ether oxygens (including phenoxy) is 5. The van der Waals surface area contributed by atoms with Gasteiger partial charge in [0.25, 0.3) is 0 Å². The lowest BCUT2D eigenvalue weighted by Crippen LogP contribution is -2.30. The molecule has 3 unspecified atom stereocenters. The molecular weight excluding hydrogens is 1000 g/mol. The minimum absolute atomic E-state index is 0.0164. The van der Waals surface area contributed by atoms with E-state index >= 15 is 0 Å². The molecule has 9 heterocycles. The molecule has 6 N–H and O–H groups in total. The second kappa shape index (κ2) is 21.5. The third-order valence-corrected chi connectivity index (χ3v) is 14.0. The largest absolute Gasteiger partial charge is 0.457 e. The molecule has 0 saturated carbocycles. The van der Waals surface area contributed by atoms with Gasteiger partial charge in [0.2, 0.25) is 15.9 Å². The minimum Gasteiger partial charge on any atom is -0.457 e. The maximum atomic E-state index is 12.7. The molecule has 7 aromatic rings. The molecule has 378 valence electrons. The van der Waals surface area contributed by atoms with Gasteiger partial charge >= 0.3 is 11.9 Å². The highest BCUT2D eigenvalue weighted by molar-refractivity contribution is 6.29. The van der Waals surface area contributed by atoms with E-state index < -0.39 is 30.6 Å². The lowest BCUT2D eigenvalue weighted by Gasteiger charge is -2.22. The fourth-order valence-corrected chi connectivity index (χ4v) is 10.1. The third kappa shape index (κ3) is 10.3. The molecule has 0 bridgehead atoms. The van der Waals surface area contributed by atoms with Gasteiger partial charge in [-0.1, -0.05) is 59.7 Å². The van der Waals surface area contributed by atoms with Gasteiger partial charge in [0.05, 0.1) is 48.2 Å². The van der Waals surface area contributed by atoms with Gasteiger partial charge in [-0.25, -0.2) is 19.7 Å². The first kappa shape index (κ1) is 51.6. The molecule has 26 heteroatoms. The van der Waals surface area contributed by atoms with Crippen molar-refractivity contribution in [3.63, 3.8) is 0 Å². The number of halogens is 4. The number of rotatable bonds is 9. The predicted molar refractivity (Wildman–Crippen MR) is 265 cm³/mol. The van der Waals surface area contributed by atoms with Gasteiger partial charge in [0.15, 0.2) is 65.3 Å². The molecule has 12 atom stereocenters. The van der Waals surface area contributed by atoms with E-state index in [-0.39, 0.29) is 86.9 Å². The first-order chi connectivity index (χ1) is 33.9. The highest BCUT2D eigenvalue weighted by Crippen LogP contribution is 2.42. The average Bonchev–Trinajstić information content (AvgIpc) is 4.20. The summed E-state index contributed by atoms with van der Waals surface area (Å²) in [5, 5.41) is -0.0326. The summed E-state index contributed by atoms with van der Waals surface area (Å²) in [6.07, 6.45) is 4.82. The summed E-state index contributed by atoms with van der Waals surface area (Å²) in [5.41, 5.74) is 20.8. The smallest absolute Gasteiger partial charge is 0.338 e. The Morgan fingerprint density at radius 3 is 1.32 bits per heavy atom. The Morgan fingerprint density at radius 1 is 0.577 bits per heavy atom. The average molecular weight is 1060 g/mol. The van der Waals surface area contributed by atoms with Crippen molar-refractivity contribution < 1.29 is 33.3 Å². The van der Waals surface area contributed by atoms with E-state index in [4.69, 9.17) is 87.3 Å². The van der Waals surface area contributed by atoms with E-state index in [9.17, 15) is 9.59 Å². The van der Waals surface area contributed by atoms with Crippen LogP contribution >= 0.6 is 46.4 Å². The van der Waals surface area contributed by atoms with Crippen molar-refractivity contribution in [2.24, 2.45) is 17.8 Å². The number of nitrogens with zero attached hydrogens (tertiary/aromatic N) is 12. The lowest BCUT2D eigenvalue weighted by atomic mass is 9.98. The fraction of sp³-hybridized carbons (Fsp3) is 0.489. The van der Waals surface area contributed by atoms with Crippen LogP contribution in [0.4, 0.5) is 17.5 Å². The number of nitrogens with two attached hydrogens (primary N) is 3. The highest BCUT2D eigenvalue weighted by Gasteiger charge is 2.47. The van der Waals surface area contributed by atoms with Gasteiger partial charge in [0, 0.05) is 24.7 Å². The van der Waals surface area contributed by atoms with Gasteiger partial charge in [-0.15, -0.1) is 11.6 Å². The van der Waals surface area contributed by atoms with Crippen molar-refractivity contribution in [1.29, 1.82) is 0 Å². The van der Waals surface area contributed by atoms with Crippen LogP contribution in [0.2, 0.25) is 15.9 Å². The first-order valence-corrected chi connectivity index (χ1v) is 24.5. The van der Waals surface area contributed by atoms with Crippen LogP contribution < -0.4 is 17.2 Å². The van der Waals surface area contributed by atoms with Crippen molar-refractivity contribution >= 4 is 109 Å². The Balaban J connectivity index is 0.000000145. The molecule has 1 aromatic carbocycles. The highest BCUT2D eigenvalue weighted by atomic mass is 35.5. The quantitative estimate of drug-likeness (QED) is 0.0706. The molecular formula is C45H53Cl4N15O7. The molecule has 71 heavy (non-hydrogen) atoms. The standard InChI is InChI=1S/C19H20ClN5O3.C14H18ClN5O3.C12H15Cl2N5O/c1-3-12-10(2)14(28-18(26)11-7-5-4-6-8-11)17(27-12)25-9-22-13-15(21)23-19(20)24-16(13)25;1-4-8-6(2)10(22-7(3)21)13(23-8)20-5-17-9-11(16)18-14(15)19-12(9)20;1-3-6-5(2)7(13)11(20-6)19-4-16-8-9(15)17-12(14)18-10(8)19/h4-10,12,14,17H,3H2,1-2H3,(H2,21,23,24);5-6,8,10,13H,4H2,1-3H3,(H2,16,18,19);4-7,11H,3H2,1-2H3,(H2,15,17,18)/t10-,12+,14?,17+;6-,8+,10?,13+;5-,6+,7?,11+/m000/s1. The summed E-state index contributed by atoms with van der Waals surface area (Å²) in [6, 6.07) is 8.87. The van der Waals surface area contributed by atoms with E-state index in [1.807, 2.05) is 33.8 Å². The first-order valence-electron chi connectivity index (χ1n) is 22.9. The molecule has 10 rings (SSSR count). The van der Waals surface area contributed by atoms with Gasteiger partial charge in [-0.2, -0.15) is 29.9 Å². The van der Waals surface area contributed by atoms with Gasteiger partial charge in [-0.3, -0.25) is 18.5 Å². The zero-order valence-corrected chi connectivity index (χ0v) is 42.7. The maximum Gasteiger partial charge on any atom is 0.338 e. The monoisotopic (exact) mass is 1060 g/mol. The van der Waals surface area contributed by atoms with E-state index in [2.05, 4.69) is 58.7 Å². The number of hydrogen-bond acceptors (Lipinski definition) is 19. The molecule has 0 aliphatic carbocycles. The van der Waals surface area contributed by atoms with Gasteiger partial charge < -0.3 is 40.9 Å². The number of carbonyl (C=O) groups is 2. The number of nitrogen functional groups attached to an aromatic ring is 3. The Labute approximate surface area is 427 Å². The molecule has 0 spiro atoms. The number of aromatic nitrogens is 12. The molecule has 0 radical (unpaired) electrons. The molecule has 3 aliphatic rings. The van der Waals surface area contributed by atoms with Crippen LogP contribution in [0.3, 0.4) is 0 Å². The number of anilines is 3. The number of benzene rings is 1. The summed E-state index contributed by atoms with van der Waals surface area (Å²) < 4.78 is 34.8. The second-order valence-corrected chi connectivity index (χ2v) is 18.9. The van der Waals surface area contributed by atoms with E-state index in [1.165, 1.54) is 6.92 Å². The van der Waals surface area contributed by atoms with Crippen LogP contribution in [-0.4, -0.2) is 106 Å². The number of fused-ring (bicyclic) bond motifs is 3. The van der Waals surface area contributed by atoms with Crippen LogP contribution in [0.5, 0.6) is 0 Å². The number of alkyl halides is 1. The van der Waals surface area contributed by atoms with Gasteiger partial charge in [-0.05, 0) is 66.2 Å². The molecule has 3 fully saturated rings. The van der Waals surface area contributed by atoms with Gasteiger partial charge in [0.1, 0.15) is 16.6 Å². The Morgan fingerprint density at radius 2 is 0.944 bits per heavy atom. The number of imidazole rings is 3. The van der Waals surface area contributed by atoms with Crippen molar-refractivity contribution in [2.45, 2.75) is 122 Å². The van der Waals surface area contributed by atoms with Crippen LogP contribution in [-0.2, 0) is 28.5 Å². The summed E-state index contributed by atoms with van der Waals surface area (Å²) in [4.78, 5) is 61.2. The molecule has 3 aliphatic heterocycles.